The molecule has 0 nitrogen and oxygen atoms in total. The van der Waals surface area contributed by atoms with Gasteiger partial charge in [0.15, 0.2) is 0 Å². The summed E-state index contributed by atoms with van der Waals surface area (Å²) in [6.45, 7) is 0. The van der Waals surface area contributed by atoms with Crippen LogP contribution in [0.2, 0.25) is 0 Å². The monoisotopic (exact) mass is 444 g/mol. The molecular weight excluding hydrogens is 416 g/mol. The Balaban J connectivity index is 1.81. The van der Waals surface area contributed by atoms with Crippen molar-refractivity contribution in [1.29, 1.82) is 0 Å². The molecule has 7 aromatic rings. The van der Waals surface area contributed by atoms with Crippen molar-refractivity contribution < 1.29 is 11.0 Å². The third kappa shape index (κ3) is 2.83. The van der Waals surface area contributed by atoms with Crippen molar-refractivity contribution in [2.75, 3.05) is 0 Å². The summed E-state index contributed by atoms with van der Waals surface area (Å²) in [5, 5.41) is 2.93. The molecule has 1 heteroatoms. The van der Waals surface area contributed by atoms with Gasteiger partial charge in [-0.25, -0.2) is 0 Å². The van der Waals surface area contributed by atoms with E-state index in [1.165, 1.54) is 0 Å². The highest BCUT2D eigenvalue weighted by Crippen LogP contribution is 2.45. The second-order valence-corrected chi connectivity index (χ2v) is 9.01. The van der Waals surface area contributed by atoms with E-state index in [4.69, 9.17) is 11.0 Å². The molecule has 1 heterocycles. The molecule has 6 aromatic carbocycles. The second kappa shape index (κ2) is 7.30. The maximum Gasteiger partial charge on any atom is 0.0629 e. The van der Waals surface area contributed by atoms with Crippen LogP contribution in [0, 0.1) is 0 Å². The first kappa shape index (κ1) is 12.3. The minimum atomic E-state index is -0.398. The highest BCUT2D eigenvalue weighted by atomic mass is 32.1. The highest BCUT2D eigenvalue weighted by molar-refractivity contribution is 7.25. The Morgan fingerprint density at radius 3 is 1.67 bits per heavy atom. The fraction of sp³-hybridized carbons (Fsp3) is 0. The van der Waals surface area contributed by atoms with Crippen LogP contribution >= 0.6 is 11.3 Å². The van der Waals surface area contributed by atoms with Crippen molar-refractivity contribution in [3.63, 3.8) is 0 Å². The lowest BCUT2D eigenvalue weighted by Gasteiger charge is -2.17. The van der Waals surface area contributed by atoms with Crippen LogP contribution in [-0.4, -0.2) is 0 Å². The van der Waals surface area contributed by atoms with E-state index in [0.717, 1.165) is 20.2 Å². The summed E-state index contributed by atoms with van der Waals surface area (Å²) in [5.74, 6) is 0. The molecule has 0 amide bonds. The summed E-state index contributed by atoms with van der Waals surface area (Å²) in [6, 6.07) is 20.2. The van der Waals surface area contributed by atoms with Gasteiger partial charge in [0.05, 0.1) is 11.0 Å². The zero-order chi connectivity index (χ0) is 28.7. The molecule has 0 N–H and O–H groups in total. The zero-order valence-electron chi connectivity index (χ0n) is 25.3. The zero-order valence-corrected chi connectivity index (χ0v) is 18.2. The van der Waals surface area contributed by atoms with Crippen molar-refractivity contribution in [1.82, 2.24) is 0 Å². The maximum absolute atomic E-state index is 9.05. The Bertz CT molecular complexity index is 2160. The normalized spacial score (nSPS) is 15.0. The predicted molar refractivity (Wildman–Crippen MR) is 145 cm³/mol. The standard InChI is InChI=1S/C32H20S/c1-2-10-21(11-3-1)31-24-13-4-6-15-26(24)32(27-16-7-5-14-25(27)31)22-18-19-30-28(20-22)23-12-8-9-17-29(23)33-30/h1-20H/i4D,5D,6D,7D,13D,14D,15D,16D. The first-order valence-corrected chi connectivity index (χ1v) is 11.5. The summed E-state index contributed by atoms with van der Waals surface area (Å²) >= 11 is 1.65. The SMILES string of the molecule is [2H]c1c([2H])c([2H])c2c(-c3ccc4sc5ccccc5c4c3)c3c([2H])c([2H])c([2H])c([2H])c3c(-c3ccccc3)c2c1[2H]. The van der Waals surface area contributed by atoms with Gasteiger partial charge in [0.25, 0.3) is 0 Å². The smallest absolute Gasteiger partial charge is 0.0629 e. The van der Waals surface area contributed by atoms with Gasteiger partial charge >= 0.3 is 0 Å². The Morgan fingerprint density at radius 2 is 1.00 bits per heavy atom. The first-order chi connectivity index (χ1) is 19.7. The molecule has 0 aliphatic carbocycles. The number of benzene rings is 6. The average molecular weight is 445 g/mol. The molecule has 0 aliphatic rings. The van der Waals surface area contributed by atoms with Crippen LogP contribution in [0.3, 0.4) is 0 Å². The van der Waals surface area contributed by atoms with Gasteiger partial charge in [-0.05, 0) is 62.0 Å². The number of rotatable bonds is 2. The number of hydrogen-bond acceptors (Lipinski definition) is 1. The highest BCUT2D eigenvalue weighted by Gasteiger charge is 2.17. The van der Waals surface area contributed by atoms with Crippen LogP contribution in [0.1, 0.15) is 11.0 Å². The van der Waals surface area contributed by atoms with Crippen molar-refractivity contribution in [3.8, 4) is 22.3 Å². The second-order valence-electron chi connectivity index (χ2n) is 7.93. The summed E-state index contributed by atoms with van der Waals surface area (Å²) in [4.78, 5) is 0. The predicted octanol–water partition coefficient (Wildman–Crippen LogP) is 9.69. The fourth-order valence-corrected chi connectivity index (χ4v) is 5.78. The molecule has 0 fully saturated rings. The third-order valence-electron chi connectivity index (χ3n) is 6.10. The van der Waals surface area contributed by atoms with Crippen molar-refractivity contribution in [3.05, 3.63) is 121 Å². The molecule has 0 radical (unpaired) electrons. The molecule has 0 saturated heterocycles. The fourth-order valence-electron chi connectivity index (χ4n) is 4.69. The first-order valence-electron chi connectivity index (χ1n) is 14.6. The minimum Gasteiger partial charge on any atom is -0.135 e. The molecule has 0 saturated carbocycles. The largest absolute Gasteiger partial charge is 0.135 e. The van der Waals surface area contributed by atoms with Gasteiger partial charge in [0.1, 0.15) is 0 Å². The quantitative estimate of drug-likeness (QED) is 0.233. The Hall–Kier alpha value is -3.94. The maximum atomic E-state index is 9.05. The van der Waals surface area contributed by atoms with Crippen LogP contribution in [0.5, 0.6) is 0 Å². The lowest BCUT2D eigenvalue weighted by atomic mass is 9.86. The van der Waals surface area contributed by atoms with Gasteiger partial charge < -0.3 is 0 Å². The van der Waals surface area contributed by atoms with Gasteiger partial charge in [-0.1, -0.05) is 103 Å². The van der Waals surface area contributed by atoms with E-state index in [0.29, 0.717) is 22.3 Å². The lowest BCUT2D eigenvalue weighted by Crippen LogP contribution is -1.90. The molecule has 1 aromatic heterocycles. The van der Waals surface area contributed by atoms with E-state index < -0.39 is 24.2 Å². The van der Waals surface area contributed by atoms with E-state index in [2.05, 4.69) is 0 Å². The molecular formula is C32H20S. The van der Waals surface area contributed by atoms with E-state index in [1.54, 1.807) is 35.6 Å². The third-order valence-corrected chi connectivity index (χ3v) is 7.25. The van der Waals surface area contributed by atoms with Gasteiger partial charge in [0.2, 0.25) is 0 Å². The van der Waals surface area contributed by atoms with E-state index in [9.17, 15) is 0 Å². The van der Waals surface area contributed by atoms with Gasteiger partial charge in [-0.2, -0.15) is 0 Å². The van der Waals surface area contributed by atoms with Crippen molar-refractivity contribution in [2.45, 2.75) is 0 Å². The van der Waals surface area contributed by atoms with Gasteiger partial charge in [0, 0.05) is 20.2 Å². The van der Waals surface area contributed by atoms with Crippen LogP contribution in [-0.2, 0) is 0 Å². The van der Waals surface area contributed by atoms with Gasteiger partial charge in [-0.15, -0.1) is 11.3 Å². The van der Waals surface area contributed by atoms with Crippen LogP contribution < -0.4 is 0 Å². The van der Waals surface area contributed by atoms with E-state index in [-0.39, 0.29) is 45.7 Å². The van der Waals surface area contributed by atoms with Crippen LogP contribution in [0.4, 0.5) is 0 Å². The topological polar surface area (TPSA) is 0 Å². The molecule has 7 rings (SSSR count). The van der Waals surface area contributed by atoms with E-state index >= 15 is 0 Å². The number of hydrogen-bond donors (Lipinski definition) is 0. The molecule has 0 atom stereocenters. The minimum absolute atomic E-state index is 0.227. The average Bonchev–Trinajstić information content (AvgIpc) is 3.37. The Morgan fingerprint density at radius 1 is 0.455 bits per heavy atom. The molecule has 0 bridgehead atoms. The summed E-state index contributed by atoms with van der Waals surface area (Å²) in [5.41, 5.74) is 1.94. The Labute approximate surface area is 207 Å². The molecule has 0 aliphatic heterocycles. The molecule has 33 heavy (non-hydrogen) atoms. The Kier molecular flexibility index (Phi) is 2.73. The molecule has 154 valence electrons. The van der Waals surface area contributed by atoms with Crippen molar-refractivity contribution >= 4 is 53.1 Å². The summed E-state index contributed by atoms with van der Waals surface area (Å²) < 4.78 is 72.4. The molecule has 0 spiro atoms. The number of thiophene rings is 1. The van der Waals surface area contributed by atoms with Crippen LogP contribution in [0.25, 0.3) is 64.0 Å². The van der Waals surface area contributed by atoms with Crippen molar-refractivity contribution in [2.24, 2.45) is 0 Å². The lowest BCUT2D eigenvalue weighted by molar-refractivity contribution is 1.66. The number of fused-ring (bicyclic) bond motifs is 5. The summed E-state index contributed by atoms with van der Waals surface area (Å²) in [6.07, 6.45) is 0. The van der Waals surface area contributed by atoms with Gasteiger partial charge in [-0.3, -0.25) is 0 Å². The molecule has 0 unspecified atom stereocenters. The van der Waals surface area contributed by atoms with E-state index in [1.807, 2.05) is 48.5 Å². The van der Waals surface area contributed by atoms with Crippen LogP contribution in [0.15, 0.2) is 121 Å². The summed E-state index contributed by atoms with van der Waals surface area (Å²) in [7, 11) is 0.